The largest absolute Gasteiger partial charge is 0.347 e. The van der Waals surface area contributed by atoms with Crippen LogP contribution in [0.1, 0.15) is 0 Å². The lowest BCUT2D eigenvalue weighted by Gasteiger charge is -2.23. The van der Waals surface area contributed by atoms with Gasteiger partial charge in [-0.1, -0.05) is 0 Å². The number of quaternary nitrogens is 1. The molecule has 0 aromatic heterocycles. The van der Waals surface area contributed by atoms with E-state index in [1.54, 1.807) is 0 Å². The molecule has 4 heteroatoms. The van der Waals surface area contributed by atoms with Crippen LogP contribution in [0.3, 0.4) is 0 Å². The predicted molar refractivity (Wildman–Crippen MR) is 61.7 cm³/mol. The zero-order valence-electron chi connectivity index (χ0n) is 10.8. The Morgan fingerprint density at radius 2 is 1.71 bits per heavy atom. The number of likely N-dealkylation sites (N-methyl/N-ethyl adjacent to an activating group) is 1. The van der Waals surface area contributed by atoms with Crippen LogP contribution in [0.15, 0.2) is 0 Å². The zero-order chi connectivity index (χ0) is 11.4. The number of guanidine groups is 1. The van der Waals surface area contributed by atoms with Crippen LogP contribution in [-0.2, 0) is 0 Å². The van der Waals surface area contributed by atoms with E-state index in [1.807, 2.05) is 28.2 Å². The lowest BCUT2D eigenvalue weighted by Crippen LogP contribution is -2.47. The average molecular weight is 202 g/mol. The van der Waals surface area contributed by atoms with Crippen LogP contribution in [-0.4, -0.2) is 82.3 Å². The lowest BCUT2D eigenvalue weighted by molar-refractivity contribution is -0.869. The van der Waals surface area contributed by atoms with Crippen molar-refractivity contribution >= 4 is 5.96 Å². The molecular formula is C10H26N4+2. The SMILES string of the molecule is CN(C)C(NCC[N+](C)(C)C)=[N+](C)C. The molecule has 4 nitrogen and oxygen atoms in total. The Labute approximate surface area is 88.4 Å². The monoisotopic (exact) mass is 202 g/mol. The van der Waals surface area contributed by atoms with Crippen molar-refractivity contribution in [2.75, 3.05) is 62.4 Å². The smallest absolute Gasteiger partial charge is 0.328 e. The van der Waals surface area contributed by atoms with E-state index >= 15 is 0 Å². The highest BCUT2D eigenvalue weighted by molar-refractivity contribution is 5.74. The van der Waals surface area contributed by atoms with Crippen LogP contribution in [0.25, 0.3) is 0 Å². The van der Waals surface area contributed by atoms with Crippen LogP contribution < -0.4 is 5.32 Å². The van der Waals surface area contributed by atoms with Gasteiger partial charge >= 0.3 is 5.96 Å². The maximum absolute atomic E-state index is 3.43. The normalized spacial score (nSPS) is 11.1. The molecular weight excluding hydrogens is 176 g/mol. The van der Waals surface area contributed by atoms with Crippen molar-refractivity contribution in [3.05, 3.63) is 0 Å². The third-order valence-corrected chi connectivity index (χ3v) is 1.91. The predicted octanol–water partition coefficient (Wildman–Crippen LogP) is -0.528. The first-order valence-electron chi connectivity index (χ1n) is 5.00. The summed E-state index contributed by atoms with van der Waals surface area (Å²) in [5.74, 6) is 1.15. The Morgan fingerprint density at radius 1 is 1.21 bits per heavy atom. The molecule has 0 bridgehead atoms. The van der Waals surface area contributed by atoms with E-state index in [0.29, 0.717) is 0 Å². The minimum Gasteiger partial charge on any atom is -0.328 e. The first kappa shape index (κ1) is 13.2. The maximum atomic E-state index is 3.43. The Kier molecular flexibility index (Phi) is 4.91. The summed E-state index contributed by atoms with van der Waals surface area (Å²) in [6.45, 7) is 2.11. The Bertz CT molecular complexity index is 197. The van der Waals surface area contributed by atoms with Crippen LogP contribution in [0.5, 0.6) is 0 Å². The molecule has 0 saturated heterocycles. The summed E-state index contributed by atoms with van der Waals surface area (Å²) < 4.78 is 3.08. The van der Waals surface area contributed by atoms with E-state index in [0.717, 1.165) is 23.5 Å². The van der Waals surface area contributed by atoms with Crippen LogP contribution in [0.2, 0.25) is 0 Å². The summed E-state index contributed by atoms with van der Waals surface area (Å²) >= 11 is 0. The van der Waals surface area contributed by atoms with Gasteiger partial charge in [-0.2, -0.15) is 0 Å². The third kappa shape index (κ3) is 5.80. The fourth-order valence-corrected chi connectivity index (χ4v) is 1.22. The van der Waals surface area contributed by atoms with Gasteiger partial charge in [-0.05, 0) is 0 Å². The molecule has 0 fully saturated rings. The molecule has 1 N–H and O–H groups in total. The quantitative estimate of drug-likeness (QED) is 0.287. The van der Waals surface area contributed by atoms with Crippen molar-refractivity contribution in [2.45, 2.75) is 0 Å². The van der Waals surface area contributed by atoms with Gasteiger partial charge in [-0.3, -0.25) is 14.8 Å². The number of rotatable bonds is 3. The number of nitrogens with zero attached hydrogens (tertiary/aromatic N) is 3. The summed E-state index contributed by atoms with van der Waals surface area (Å²) in [4.78, 5) is 2.09. The molecule has 0 aliphatic carbocycles. The third-order valence-electron chi connectivity index (χ3n) is 1.91. The van der Waals surface area contributed by atoms with E-state index < -0.39 is 0 Å². The van der Waals surface area contributed by atoms with Crippen molar-refractivity contribution in [2.24, 2.45) is 0 Å². The van der Waals surface area contributed by atoms with Gasteiger partial charge in [0.1, 0.15) is 13.1 Å². The van der Waals surface area contributed by atoms with Crippen molar-refractivity contribution < 1.29 is 9.06 Å². The standard InChI is InChI=1S/C10H25N4/c1-12(2)10(13(3)4)11-8-9-14(5,6)7/h8-9H2,1-7H3/q+1/p+1. The van der Waals surface area contributed by atoms with Gasteiger partial charge in [0.15, 0.2) is 0 Å². The Morgan fingerprint density at radius 3 is 2.00 bits per heavy atom. The summed E-state index contributed by atoms with van der Waals surface area (Å²) in [6.07, 6.45) is 0. The summed E-state index contributed by atoms with van der Waals surface area (Å²) in [7, 11) is 14.8. The van der Waals surface area contributed by atoms with Crippen molar-refractivity contribution in [1.29, 1.82) is 0 Å². The number of hydrogen-bond acceptors (Lipinski definition) is 0. The first-order chi connectivity index (χ1) is 6.24. The van der Waals surface area contributed by atoms with Gasteiger partial charge in [0.2, 0.25) is 0 Å². The van der Waals surface area contributed by atoms with E-state index in [9.17, 15) is 0 Å². The molecule has 0 rings (SSSR count). The molecule has 0 radical (unpaired) electrons. The van der Waals surface area contributed by atoms with Crippen molar-refractivity contribution in [3.63, 3.8) is 0 Å². The maximum Gasteiger partial charge on any atom is 0.347 e. The second-order valence-corrected chi connectivity index (χ2v) is 5.05. The second kappa shape index (κ2) is 5.20. The zero-order valence-corrected chi connectivity index (χ0v) is 10.8. The first-order valence-corrected chi connectivity index (χ1v) is 5.00. The molecule has 0 aliphatic rings. The summed E-state index contributed by atoms with van der Waals surface area (Å²) in [6, 6.07) is 0. The highest BCUT2D eigenvalue weighted by Gasteiger charge is 2.13. The van der Waals surface area contributed by atoms with Gasteiger partial charge in [0, 0.05) is 0 Å². The lowest BCUT2D eigenvalue weighted by atomic mass is 10.5. The van der Waals surface area contributed by atoms with Crippen molar-refractivity contribution in [1.82, 2.24) is 10.2 Å². The molecule has 0 aromatic carbocycles. The highest BCUT2D eigenvalue weighted by Crippen LogP contribution is 1.87. The molecule has 14 heavy (non-hydrogen) atoms. The molecule has 0 heterocycles. The molecule has 0 atom stereocenters. The van der Waals surface area contributed by atoms with E-state index in [2.05, 4.69) is 35.9 Å². The Hall–Kier alpha value is -0.770. The topological polar surface area (TPSA) is 18.3 Å². The number of hydrogen-bond donors (Lipinski definition) is 1. The molecule has 84 valence electrons. The molecule has 0 unspecified atom stereocenters. The molecule has 0 amide bonds. The highest BCUT2D eigenvalue weighted by atomic mass is 15.3. The number of nitrogens with one attached hydrogen (secondary N) is 1. The average Bonchev–Trinajstić information content (AvgIpc) is 1.94. The van der Waals surface area contributed by atoms with Gasteiger partial charge in [-0.15, -0.1) is 0 Å². The minimum atomic E-state index is 0.987. The summed E-state index contributed by atoms with van der Waals surface area (Å²) in [5, 5.41) is 3.43. The van der Waals surface area contributed by atoms with Crippen LogP contribution in [0.4, 0.5) is 0 Å². The van der Waals surface area contributed by atoms with Crippen molar-refractivity contribution in [3.8, 4) is 0 Å². The fourth-order valence-electron chi connectivity index (χ4n) is 1.22. The Balaban J connectivity index is 4.05. The molecule has 0 aromatic rings. The van der Waals surface area contributed by atoms with Gasteiger partial charge in [0.05, 0.1) is 49.3 Å². The van der Waals surface area contributed by atoms with E-state index in [1.165, 1.54) is 0 Å². The van der Waals surface area contributed by atoms with E-state index in [-0.39, 0.29) is 0 Å². The molecule has 0 saturated carbocycles. The molecule has 0 aliphatic heterocycles. The van der Waals surface area contributed by atoms with Gasteiger partial charge in [0.25, 0.3) is 0 Å². The fraction of sp³-hybridized carbons (Fsp3) is 0.900. The van der Waals surface area contributed by atoms with E-state index in [4.69, 9.17) is 0 Å². The minimum absolute atomic E-state index is 0.987. The second-order valence-electron chi connectivity index (χ2n) is 5.05. The van der Waals surface area contributed by atoms with Crippen LogP contribution in [0, 0.1) is 0 Å². The summed E-state index contributed by atoms with van der Waals surface area (Å²) in [5.41, 5.74) is 0. The van der Waals surface area contributed by atoms with Gasteiger partial charge < -0.3 is 4.48 Å². The van der Waals surface area contributed by atoms with Crippen LogP contribution >= 0.6 is 0 Å². The molecule has 0 spiro atoms. The van der Waals surface area contributed by atoms with Gasteiger partial charge in [-0.25, -0.2) is 0 Å².